The molecule has 7 fully saturated rings. The summed E-state index contributed by atoms with van der Waals surface area (Å²) in [5.74, 6) is 1.69. The van der Waals surface area contributed by atoms with E-state index in [0.29, 0.717) is 24.3 Å². The molecule has 2 heterocycles. The molecule has 2 amide bonds. The van der Waals surface area contributed by atoms with Crippen LogP contribution in [0.4, 0.5) is 9.59 Å². The molecule has 5 saturated carbocycles. The molecule has 2 saturated heterocycles. The van der Waals surface area contributed by atoms with E-state index in [0.717, 1.165) is 58.2 Å². The summed E-state index contributed by atoms with van der Waals surface area (Å²) in [4.78, 5) is 27.9. The van der Waals surface area contributed by atoms with E-state index in [-0.39, 0.29) is 75.5 Å². The van der Waals surface area contributed by atoms with Crippen molar-refractivity contribution in [3.63, 3.8) is 0 Å². The first-order valence-corrected chi connectivity index (χ1v) is 19.6. The summed E-state index contributed by atoms with van der Waals surface area (Å²) >= 11 is 0. The van der Waals surface area contributed by atoms with Gasteiger partial charge in [0.15, 0.2) is 0 Å². The molecule has 13 atom stereocenters. The number of likely N-dealkylation sites (tertiary alicyclic amines) is 1. The van der Waals surface area contributed by atoms with E-state index in [9.17, 15) is 14.7 Å². The number of fused-ring (bicyclic) bond motifs is 4. The second-order valence-corrected chi connectivity index (χ2v) is 18.8. The molecule has 3 N–H and O–H groups in total. The molecular weight excluding hydrogens is 606 g/mol. The Morgan fingerprint density at radius 2 is 1.67 bits per heavy atom. The van der Waals surface area contributed by atoms with Gasteiger partial charge in [0, 0.05) is 30.5 Å². The second-order valence-electron chi connectivity index (χ2n) is 18.8. The summed E-state index contributed by atoms with van der Waals surface area (Å²) in [6, 6.07) is 0.197. The van der Waals surface area contributed by atoms with Crippen molar-refractivity contribution in [2.45, 2.75) is 150 Å². The summed E-state index contributed by atoms with van der Waals surface area (Å²) in [5, 5.41) is 18.5. The predicted octanol–water partition coefficient (Wildman–Crippen LogP) is 6.37. The average molecular weight is 672 g/mol. The fraction of sp³-hybridized carbons (Fsp3) is 0.949. The van der Waals surface area contributed by atoms with Crippen LogP contribution >= 0.6 is 0 Å². The van der Waals surface area contributed by atoms with E-state index in [2.05, 4.69) is 70.9 Å². The van der Waals surface area contributed by atoms with Gasteiger partial charge in [-0.1, -0.05) is 55.4 Å². The van der Waals surface area contributed by atoms with Crippen LogP contribution in [0.1, 0.15) is 114 Å². The first kappa shape index (κ1) is 34.9. The van der Waals surface area contributed by atoms with Crippen molar-refractivity contribution in [2.24, 2.45) is 56.7 Å². The molecule has 7 rings (SSSR count). The molecule has 7 aliphatic rings. The third kappa shape index (κ3) is 4.70. The number of aliphatic hydroxyl groups is 1. The standard InChI is InChI=1S/C39H65N3O6/c1-10-40-33(44)48-30(22(3)4)25-18-23(5)29-31(46-25)32(43)37(9)27-13-12-26-35(6,7)28(47-34(45)41-24-19-42(11-2)20-24)14-15-38(26)21-39(27,38)17-16-36(29,37)8/h22-32,43H,10-21H2,1-9H3,(H,40,44)(H,41,45)/t23-,25-,26+,27+,28+,29+,30-,31+,32+,36-,37-,38-,39+/m1/s1. The Bertz CT molecular complexity index is 1270. The molecule has 0 aromatic heterocycles. The molecule has 2 aliphatic heterocycles. The smallest absolute Gasteiger partial charge is 0.407 e. The Morgan fingerprint density at radius 1 is 0.979 bits per heavy atom. The van der Waals surface area contributed by atoms with Crippen LogP contribution in [0.25, 0.3) is 0 Å². The Balaban J connectivity index is 1.09. The van der Waals surface area contributed by atoms with Crippen molar-refractivity contribution in [2.75, 3.05) is 26.2 Å². The van der Waals surface area contributed by atoms with Crippen LogP contribution in [0.3, 0.4) is 0 Å². The molecule has 0 radical (unpaired) electrons. The van der Waals surface area contributed by atoms with E-state index in [1.165, 1.54) is 12.8 Å². The topological polar surface area (TPSA) is 109 Å². The van der Waals surface area contributed by atoms with Gasteiger partial charge in [-0.25, -0.2) is 9.59 Å². The summed E-state index contributed by atoms with van der Waals surface area (Å²) in [7, 11) is 0. The first-order chi connectivity index (χ1) is 22.6. The number of hydrogen-bond donors (Lipinski definition) is 3. The van der Waals surface area contributed by atoms with E-state index in [1.807, 2.05) is 6.92 Å². The van der Waals surface area contributed by atoms with E-state index >= 15 is 0 Å². The summed E-state index contributed by atoms with van der Waals surface area (Å²) in [6.45, 7) is 23.6. The van der Waals surface area contributed by atoms with Crippen molar-refractivity contribution >= 4 is 12.2 Å². The molecule has 0 aromatic rings. The molecule has 0 bridgehead atoms. The van der Waals surface area contributed by atoms with Gasteiger partial charge in [0.1, 0.15) is 12.2 Å². The second kappa shape index (κ2) is 11.7. The number of ether oxygens (including phenoxy) is 3. The van der Waals surface area contributed by atoms with Crippen molar-refractivity contribution < 1.29 is 28.9 Å². The van der Waals surface area contributed by atoms with Gasteiger partial charge in [0.05, 0.1) is 24.4 Å². The quantitative estimate of drug-likeness (QED) is 0.289. The van der Waals surface area contributed by atoms with Gasteiger partial charge in [-0.3, -0.25) is 4.90 Å². The monoisotopic (exact) mass is 671 g/mol. The minimum Gasteiger partial charge on any atom is -0.446 e. The minimum absolute atomic E-state index is 0.0232. The van der Waals surface area contributed by atoms with Crippen LogP contribution in [0.5, 0.6) is 0 Å². The molecule has 48 heavy (non-hydrogen) atoms. The molecule has 2 spiro atoms. The highest BCUT2D eigenvalue weighted by molar-refractivity contribution is 5.68. The Hall–Kier alpha value is -1.58. The van der Waals surface area contributed by atoms with E-state index in [4.69, 9.17) is 14.2 Å². The Kier molecular flexibility index (Phi) is 8.51. The summed E-state index contributed by atoms with van der Waals surface area (Å²) in [5.41, 5.74) is 0.136. The highest BCUT2D eigenvalue weighted by atomic mass is 16.6. The fourth-order valence-corrected chi connectivity index (χ4v) is 13.9. The number of nitrogens with one attached hydrogen (secondary N) is 2. The third-order valence-electron chi connectivity index (χ3n) is 16.3. The number of rotatable bonds is 7. The maximum absolute atomic E-state index is 13.0. The maximum Gasteiger partial charge on any atom is 0.407 e. The number of carbonyl (C=O) groups excluding carboxylic acids is 2. The van der Waals surface area contributed by atoms with Crippen LogP contribution in [0, 0.1) is 56.7 Å². The highest BCUT2D eigenvalue weighted by Gasteiger charge is 2.84. The number of likely N-dealkylation sites (N-methyl/N-ethyl adjacent to an activating group) is 1. The first-order valence-electron chi connectivity index (χ1n) is 19.6. The fourth-order valence-electron chi connectivity index (χ4n) is 13.9. The molecule has 272 valence electrons. The van der Waals surface area contributed by atoms with Crippen LogP contribution in [-0.4, -0.2) is 84.9 Å². The Morgan fingerprint density at radius 3 is 2.33 bits per heavy atom. The Labute approximate surface area is 289 Å². The number of carbonyl (C=O) groups is 2. The van der Waals surface area contributed by atoms with Crippen LogP contribution in [0.15, 0.2) is 0 Å². The average Bonchev–Trinajstić information content (AvgIpc) is 3.63. The summed E-state index contributed by atoms with van der Waals surface area (Å²) < 4.78 is 19.2. The maximum atomic E-state index is 13.0. The highest BCUT2D eigenvalue weighted by Crippen LogP contribution is 2.89. The number of hydrogen-bond acceptors (Lipinski definition) is 7. The number of alkyl carbamates (subject to hydrolysis) is 2. The lowest BCUT2D eigenvalue weighted by atomic mass is 9.41. The van der Waals surface area contributed by atoms with Gasteiger partial charge in [-0.05, 0) is 111 Å². The zero-order valence-corrected chi connectivity index (χ0v) is 31.3. The normalized spacial score (nSPS) is 48.1. The van der Waals surface area contributed by atoms with Gasteiger partial charge in [-0.2, -0.15) is 0 Å². The van der Waals surface area contributed by atoms with Crippen molar-refractivity contribution in [1.29, 1.82) is 0 Å². The molecule has 9 heteroatoms. The number of nitrogens with zero attached hydrogens (tertiary/aromatic N) is 1. The lowest BCUT2D eigenvalue weighted by molar-refractivity contribution is -0.184. The third-order valence-corrected chi connectivity index (χ3v) is 16.3. The largest absolute Gasteiger partial charge is 0.446 e. The lowest BCUT2D eigenvalue weighted by Crippen LogP contribution is -2.61. The molecule has 0 aromatic carbocycles. The zero-order valence-electron chi connectivity index (χ0n) is 31.3. The SMILES string of the molecule is CCNC(=O)O[C@H](C(C)C)[C@H]1C[C@@H](C)[C@H]2[C@H](O1)[C@H](O)[C@@]1(C)[C@@H]3CC[C@H]4C(C)(C)[C@@H](OC(=O)NC5CN(CC)C5)CC[C@@]45C[C@@]35CC[C@]21C. The van der Waals surface area contributed by atoms with Crippen LogP contribution in [-0.2, 0) is 14.2 Å². The number of amides is 2. The lowest BCUT2D eigenvalue weighted by Gasteiger charge is -2.63. The number of aliphatic hydroxyl groups excluding tert-OH is 1. The van der Waals surface area contributed by atoms with Gasteiger partial charge < -0.3 is 30.0 Å². The van der Waals surface area contributed by atoms with Crippen molar-refractivity contribution in [3.05, 3.63) is 0 Å². The molecule has 9 nitrogen and oxygen atoms in total. The molecule has 0 unspecified atom stereocenters. The van der Waals surface area contributed by atoms with Crippen molar-refractivity contribution in [3.8, 4) is 0 Å². The van der Waals surface area contributed by atoms with Gasteiger partial charge >= 0.3 is 12.2 Å². The zero-order chi connectivity index (χ0) is 34.6. The van der Waals surface area contributed by atoms with Gasteiger partial charge in [-0.15, -0.1) is 0 Å². The molecular formula is C39H65N3O6. The van der Waals surface area contributed by atoms with Crippen LogP contribution < -0.4 is 10.6 Å². The predicted molar refractivity (Wildman–Crippen MR) is 184 cm³/mol. The van der Waals surface area contributed by atoms with E-state index < -0.39 is 12.2 Å². The molecule has 5 aliphatic carbocycles. The summed E-state index contributed by atoms with van der Waals surface area (Å²) in [6.07, 6.45) is 6.58. The van der Waals surface area contributed by atoms with Crippen LogP contribution in [0.2, 0.25) is 0 Å². The van der Waals surface area contributed by atoms with Gasteiger partial charge in [0.25, 0.3) is 0 Å². The van der Waals surface area contributed by atoms with E-state index in [1.54, 1.807) is 0 Å². The van der Waals surface area contributed by atoms with Crippen molar-refractivity contribution in [1.82, 2.24) is 15.5 Å². The minimum atomic E-state index is -0.557. The van der Waals surface area contributed by atoms with Gasteiger partial charge in [0.2, 0.25) is 0 Å².